The Hall–Kier alpha value is 2.60. The molecule has 6 N–H and O–H groups in total. The summed E-state index contributed by atoms with van der Waals surface area (Å²) in [7, 11) is -4.61. The molecule has 0 aromatic carbocycles. The molecule has 0 aromatic rings. The van der Waals surface area contributed by atoms with Gasteiger partial charge in [0.1, 0.15) is 0 Å². The summed E-state index contributed by atoms with van der Waals surface area (Å²) in [6.45, 7) is 0. The first kappa shape index (κ1) is 22.4. The Balaban J connectivity index is -0.0000000267. The van der Waals surface area contributed by atoms with Crippen LogP contribution in [0.25, 0.3) is 0 Å². The standard InChI is InChI=1S/Al.Cs.H4O4Si.H2O.4H/c;;1-5(2,3)4;;;;;/h;;1-4H;1H2;;;;. The maximum atomic E-state index is 7.33. The summed E-state index contributed by atoms with van der Waals surface area (Å²) in [4.78, 5) is 29.3. The SMILES string of the molecule is O.O[Si](O)(O)O.[AlH3].[CsH]. The summed E-state index contributed by atoms with van der Waals surface area (Å²) in [5.41, 5.74) is 0. The van der Waals surface area contributed by atoms with E-state index in [0.717, 1.165) is 0 Å². The van der Waals surface area contributed by atoms with Crippen LogP contribution >= 0.6 is 0 Å². The van der Waals surface area contributed by atoms with Gasteiger partial charge in [-0.15, -0.1) is 0 Å². The fraction of sp³-hybridized carbons (Fsp3) is 0. The monoisotopic (exact) mass is 278 g/mol. The van der Waals surface area contributed by atoms with Crippen molar-refractivity contribution in [2.24, 2.45) is 0 Å². The van der Waals surface area contributed by atoms with Crippen LogP contribution < -0.4 is 0 Å². The molecule has 0 radical (unpaired) electrons. The average Bonchev–Trinajstić information content (AvgIpc) is 0.722. The summed E-state index contributed by atoms with van der Waals surface area (Å²) >= 11 is 0. The van der Waals surface area contributed by atoms with Gasteiger partial charge < -0.3 is 24.7 Å². The quantitative estimate of drug-likeness (QED) is 0.332. The normalized spacial score (nSPS) is 7.50. The number of hydrogen-bond acceptors (Lipinski definition) is 4. The van der Waals surface area contributed by atoms with Gasteiger partial charge in [0.05, 0.1) is 0 Å². The van der Waals surface area contributed by atoms with Crippen LogP contribution in [0.4, 0.5) is 0 Å². The fourth-order valence-corrected chi connectivity index (χ4v) is 0. The van der Waals surface area contributed by atoms with Crippen LogP contribution in [-0.4, -0.2) is 120 Å². The molecule has 5 nitrogen and oxygen atoms in total. The van der Waals surface area contributed by atoms with Gasteiger partial charge in [-0.1, -0.05) is 0 Å². The predicted molar refractivity (Wildman–Crippen MR) is 35.3 cm³/mol. The van der Waals surface area contributed by atoms with Gasteiger partial charge in [-0.3, -0.25) is 0 Å². The maximum absolute atomic E-state index is 7.33. The van der Waals surface area contributed by atoms with Gasteiger partial charge in [-0.05, 0) is 0 Å². The van der Waals surface area contributed by atoms with Crippen molar-refractivity contribution < 1.29 is 24.7 Å². The molecule has 0 atom stereocenters. The molecule has 0 saturated heterocycles. The van der Waals surface area contributed by atoms with E-state index in [2.05, 4.69) is 0 Å². The van der Waals surface area contributed by atoms with Gasteiger partial charge >= 0.3 is 77.9 Å². The Morgan fingerprint density at radius 2 is 0.875 bits per heavy atom. The zero-order valence-corrected chi connectivity index (χ0v) is 3.79. The van der Waals surface area contributed by atoms with E-state index >= 15 is 0 Å². The van der Waals surface area contributed by atoms with E-state index in [1.807, 2.05) is 0 Å². The minimum atomic E-state index is -4.61. The Morgan fingerprint density at radius 1 is 0.875 bits per heavy atom. The van der Waals surface area contributed by atoms with Crippen molar-refractivity contribution in [1.29, 1.82) is 0 Å². The second-order valence-corrected chi connectivity index (χ2v) is 1.80. The molecule has 0 unspecified atom stereocenters. The van der Waals surface area contributed by atoms with Crippen LogP contribution in [0.3, 0.4) is 0 Å². The van der Waals surface area contributed by atoms with E-state index in [9.17, 15) is 0 Å². The number of hydrogen-bond donors (Lipinski definition) is 4. The third-order valence-corrected chi connectivity index (χ3v) is 0. The third-order valence-electron chi connectivity index (χ3n) is 0. The van der Waals surface area contributed by atoms with Gasteiger partial charge in [0.25, 0.3) is 0 Å². The van der Waals surface area contributed by atoms with Gasteiger partial charge in [0.2, 0.25) is 0 Å². The van der Waals surface area contributed by atoms with E-state index in [1.165, 1.54) is 0 Å². The van der Waals surface area contributed by atoms with E-state index in [-0.39, 0.29) is 91.7 Å². The first-order valence-corrected chi connectivity index (χ1v) is 2.68. The first-order valence-electron chi connectivity index (χ1n) is 0.894. The van der Waals surface area contributed by atoms with Crippen molar-refractivity contribution in [3.05, 3.63) is 0 Å². The van der Waals surface area contributed by atoms with E-state index in [4.69, 9.17) is 19.2 Å². The molecule has 0 amide bonds. The molecule has 48 valence electrons. The van der Waals surface area contributed by atoms with E-state index < -0.39 is 9.05 Å². The number of rotatable bonds is 0. The van der Waals surface area contributed by atoms with Crippen LogP contribution in [0.15, 0.2) is 0 Å². The molecule has 0 rings (SSSR count). The molecule has 0 aliphatic carbocycles. The molecule has 0 aliphatic rings. The van der Waals surface area contributed by atoms with Crippen molar-refractivity contribution in [2.45, 2.75) is 0 Å². The van der Waals surface area contributed by atoms with Gasteiger partial charge in [-0.2, -0.15) is 0 Å². The molecule has 8 heteroatoms. The molecule has 0 fully saturated rings. The fourth-order valence-electron chi connectivity index (χ4n) is 0. The summed E-state index contributed by atoms with van der Waals surface area (Å²) in [6, 6.07) is 0. The molecule has 0 aliphatic heterocycles. The second-order valence-electron chi connectivity index (χ2n) is 0.600. The zero-order valence-electron chi connectivity index (χ0n) is 2.79. The molecule has 0 heterocycles. The Labute approximate surface area is 117 Å². The third kappa shape index (κ3) is 73.4. The van der Waals surface area contributed by atoms with Crippen molar-refractivity contribution in [3.8, 4) is 0 Å². The summed E-state index contributed by atoms with van der Waals surface area (Å²) in [6.07, 6.45) is 0. The van der Waals surface area contributed by atoms with Gasteiger partial charge in [0, 0.05) is 0 Å². The van der Waals surface area contributed by atoms with Crippen molar-refractivity contribution >= 4 is 95.3 Å². The molecule has 8 heavy (non-hydrogen) atoms. The van der Waals surface area contributed by atoms with Gasteiger partial charge in [0.15, 0.2) is 17.4 Å². The first-order chi connectivity index (χ1) is 2.00. The predicted octanol–water partition coefficient (Wildman–Crippen LogP) is -5.27. The van der Waals surface area contributed by atoms with Crippen molar-refractivity contribution in [1.82, 2.24) is 0 Å². The zero-order chi connectivity index (χ0) is 4.50. The summed E-state index contributed by atoms with van der Waals surface area (Å²) in [5, 5.41) is 0. The molecule has 0 spiro atoms. The Morgan fingerprint density at radius 3 is 0.875 bits per heavy atom. The van der Waals surface area contributed by atoms with Crippen LogP contribution in [0, 0.1) is 0 Å². The molecule has 0 bridgehead atoms. The summed E-state index contributed by atoms with van der Waals surface area (Å²) < 4.78 is 0. The minimum absolute atomic E-state index is 0. The molecular weight excluding hydrogens is 268 g/mol. The van der Waals surface area contributed by atoms with Crippen molar-refractivity contribution in [2.75, 3.05) is 0 Å². The molecule has 0 aromatic heterocycles. The van der Waals surface area contributed by atoms with Crippen molar-refractivity contribution in [3.63, 3.8) is 0 Å². The van der Waals surface area contributed by atoms with Crippen LogP contribution in [0.1, 0.15) is 0 Å². The van der Waals surface area contributed by atoms with E-state index in [1.54, 1.807) is 0 Å². The Kier molecular flexibility index (Phi) is 26.9. The second kappa shape index (κ2) is 9.60. The van der Waals surface area contributed by atoms with Crippen LogP contribution in [0.5, 0.6) is 0 Å². The molecule has 0 saturated carbocycles. The average molecular weight is 278 g/mol. The van der Waals surface area contributed by atoms with Gasteiger partial charge in [-0.25, -0.2) is 0 Å². The summed E-state index contributed by atoms with van der Waals surface area (Å²) in [5.74, 6) is 0. The Bertz CT molecular complexity index is 27.9. The van der Waals surface area contributed by atoms with Crippen LogP contribution in [-0.2, 0) is 0 Å². The van der Waals surface area contributed by atoms with E-state index in [0.29, 0.717) is 0 Å². The van der Waals surface area contributed by atoms with Crippen LogP contribution in [0.2, 0.25) is 0 Å². The topological polar surface area (TPSA) is 112 Å². The molecular formula is H10AlCsO5Si.